The van der Waals surface area contributed by atoms with E-state index in [1.165, 1.54) is 23.1 Å². The van der Waals surface area contributed by atoms with Crippen LogP contribution in [0.25, 0.3) is 0 Å². The third kappa shape index (κ3) is 8.22. The van der Waals surface area contributed by atoms with E-state index in [-0.39, 0.29) is 23.8 Å². The zero-order valence-corrected chi connectivity index (χ0v) is 21.5. The Kier molecular flexibility index (Phi) is 9.61. The van der Waals surface area contributed by atoms with Crippen LogP contribution in [0.1, 0.15) is 26.3 Å². The number of nitro benzene ring substituents is 1. The first-order valence-electron chi connectivity index (χ1n) is 10.8. The van der Waals surface area contributed by atoms with Crippen LogP contribution >= 0.6 is 11.6 Å². The molecule has 0 heterocycles. The van der Waals surface area contributed by atoms with Crippen LogP contribution < -0.4 is 9.62 Å². The normalized spacial score (nSPS) is 12.2. The Labute approximate surface area is 210 Å². The molecule has 0 radical (unpaired) electrons. The van der Waals surface area contributed by atoms with Crippen molar-refractivity contribution in [2.75, 3.05) is 23.7 Å². The summed E-state index contributed by atoms with van der Waals surface area (Å²) in [6, 6.07) is 10.8. The molecule has 0 fully saturated rings. The minimum absolute atomic E-state index is 0.00218. The summed E-state index contributed by atoms with van der Waals surface area (Å²) in [5.41, 5.74) is 0.297. The monoisotopic (exact) mass is 524 g/mol. The lowest BCUT2D eigenvalue weighted by molar-refractivity contribution is -0.384. The summed E-state index contributed by atoms with van der Waals surface area (Å²) in [6.07, 6.45) is 0.902. The van der Waals surface area contributed by atoms with Crippen molar-refractivity contribution in [3.05, 3.63) is 69.2 Å². The molecule has 0 aliphatic rings. The van der Waals surface area contributed by atoms with E-state index in [9.17, 15) is 28.1 Å². The smallest absolute Gasteiger partial charge is 0.271 e. The number of nitrogens with zero attached hydrogens (tertiary/aromatic N) is 3. The Bertz CT molecular complexity index is 1190. The van der Waals surface area contributed by atoms with Gasteiger partial charge in [-0.3, -0.25) is 24.0 Å². The van der Waals surface area contributed by atoms with Gasteiger partial charge in [-0.05, 0) is 36.6 Å². The second kappa shape index (κ2) is 12.0. The van der Waals surface area contributed by atoms with Crippen LogP contribution in [0, 0.1) is 16.0 Å². The summed E-state index contributed by atoms with van der Waals surface area (Å²) < 4.78 is 25.9. The van der Waals surface area contributed by atoms with Crippen molar-refractivity contribution in [3.8, 4) is 0 Å². The molecule has 1 unspecified atom stereocenters. The number of carbonyl (C=O) groups is 2. The predicted octanol–water partition coefficient (Wildman–Crippen LogP) is 3.20. The molecule has 2 aromatic carbocycles. The maximum Gasteiger partial charge on any atom is 0.271 e. The van der Waals surface area contributed by atoms with Crippen LogP contribution in [-0.2, 0) is 26.2 Å². The maximum atomic E-state index is 13.4. The number of nitro groups is 1. The van der Waals surface area contributed by atoms with Crippen molar-refractivity contribution < 1.29 is 22.9 Å². The molecular weight excluding hydrogens is 496 g/mol. The molecule has 0 aliphatic heterocycles. The van der Waals surface area contributed by atoms with E-state index in [1.54, 1.807) is 31.2 Å². The summed E-state index contributed by atoms with van der Waals surface area (Å²) in [4.78, 5) is 38.0. The highest BCUT2D eigenvalue weighted by Crippen LogP contribution is 2.24. The minimum Gasteiger partial charge on any atom is -0.354 e. The van der Waals surface area contributed by atoms with Crippen LogP contribution in [0.15, 0.2) is 48.5 Å². The first-order valence-corrected chi connectivity index (χ1v) is 13.1. The lowest BCUT2D eigenvalue weighted by Gasteiger charge is -2.31. The molecule has 12 heteroatoms. The number of anilines is 1. The Hall–Kier alpha value is -3.18. The first kappa shape index (κ1) is 28.1. The fourth-order valence-electron chi connectivity index (χ4n) is 3.24. The molecule has 0 aromatic heterocycles. The number of rotatable bonds is 11. The maximum absolute atomic E-state index is 13.4. The van der Waals surface area contributed by atoms with Gasteiger partial charge in [-0.2, -0.15) is 0 Å². The Morgan fingerprint density at radius 2 is 1.77 bits per heavy atom. The molecule has 190 valence electrons. The van der Waals surface area contributed by atoms with E-state index < -0.39 is 39.3 Å². The highest BCUT2D eigenvalue weighted by molar-refractivity contribution is 7.92. The van der Waals surface area contributed by atoms with Crippen LogP contribution in [0.5, 0.6) is 0 Å². The third-order valence-electron chi connectivity index (χ3n) is 5.10. The van der Waals surface area contributed by atoms with E-state index in [2.05, 4.69) is 5.32 Å². The number of benzene rings is 2. The molecule has 2 amide bonds. The molecule has 0 spiro atoms. The number of nitrogens with one attached hydrogen (secondary N) is 1. The Morgan fingerprint density at radius 1 is 1.11 bits per heavy atom. The topological polar surface area (TPSA) is 130 Å². The van der Waals surface area contributed by atoms with Gasteiger partial charge in [-0.25, -0.2) is 8.42 Å². The molecule has 0 saturated heterocycles. The molecule has 0 aliphatic carbocycles. The van der Waals surface area contributed by atoms with Crippen molar-refractivity contribution in [1.82, 2.24) is 10.2 Å². The van der Waals surface area contributed by atoms with E-state index in [4.69, 9.17) is 11.6 Å². The number of halogens is 1. The van der Waals surface area contributed by atoms with Crippen molar-refractivity contribution in [2.24, 2.45) is 5.92 Å². The molecular formula is C23H29ClN4O6S. The van der Waals surface area contributed by atoms with Gasteiger partial charge in [0.15, 0.2) is 0 Å². The van der Waals surface area contributed by atoms with Gasteiger partial charge in [0, 0.05) is 30.2 Å². The lowest BCUT2D eigenvalue weighted by Crippen LogP contribution is -2.51. The Balaban J connectivity index is 2.41. The number of sulfonamides is 1. The molecule has 10 nitrogen and oxygen atoms in total. The van der Waals surface area contributed by atoms with E-state index >= 15 is 0 Å². The van der Waals surface area contributed by atoms with Gasteiger partial charge in [0.05, 0.1) is 16.9 Å². The zero-order valence-electron chi connectivity index (χ0n) is 20.0. The van der Waals surface area contributed by atoms with Crippen LogP contribution in [0.4, 0.5) is 11.4 Å². The van der Waals surface area contributed by atoms with Crippen LogP contribution in [0.3, 0.4) is 0 Å². The predicted molar refractivity (Wildman–Crippen MR) is 135 cm³/mol. The van der Waals surface area contributed by atoms with Gasteiger partial charge < -0.3 is 10.2 Å². The second-order valence-corrected chi connectivity index (χ2v) is 10.9. The molecule has 35 heavy (non-hydrogen) atoms. The fraction of sp³-hybridized carbons (Fsp3) is 0.391. The molecule has 0 bridgehead atoms. The van der Waals surface area contributed by atoms with E-state index in [0.29, 0.717) is 17.1 Å². The summed E-state index contributed by atoms with van der Waals surface area (Å²) >= 11 is 6.07. The quantitative estimate of drug-likeness (QED) is 0.355. The first-order chi connectivity index (χ1) is 16.3. The number of carbonyl (C=O) groups excluding carboxylic acids is 2. The van der Waals surface area contributed by atoms with E-state index in [1.807, 2.05) is 13.8 Å². The second-order valence-electron chi connectivity index (χ2n) is 8.51. The number of hydrogen-bond acceptors (Lipinski definition) is 6. The van der Waals surface area contributed by atoms with Crippen molar-refractivity contribution >= 4 is 44.8 Å². The van der Waals surface area contributed by atoms with E-state index in [0.717, 1.165) is 16.6 Å². The average molecular weight is 525 g/mol. The molecule has 2 rings (SSSR count). The minimum atomic E-state index is -3.99. The molecule has 0 saturated carbocycles. The molecule has 2 aromatic rings. The highest BCUT2D eigenvalue weighted by Gasteiger charge is 2.30. The van der Waals surface area contributed by atoms with Gasteiger partial charge in [-0.15, -0.1) is 0 Å². The van der Waals surface area contributed by atoms with Crippen molar-refractivity contribution in [3.63, 3.8) is 0 Å². The Morgan fingerprint density at radius 3 is 2.34 bits per heavy atom. The fourth-order valence-corrected chi connectivity index (χ4v) is 4.30. The molecule has 1 atom stereocenters. The third-order valence-corrected chi connectivity index (χ3v) is 6.48. The summed E-state index contributed by atoms with van der Waals surface area (Å²) in [5.74, 6) is -0.859. The van der Waals surface area contributed by atoms with Gasteiger partial charge >= 0.3 is 0 Å². The van der Waals surface area contributed by atoms with Gasteiger partial charge in [0.25, 0.3) is 5.69 Å². The van der Waals surface area contributed by atoms with Gasteiger partial charge in [0.2, 0.25) is 21.8 Å². The SMILES string of the molecule is CC(C)CNC(=O)C(C)N(Cc1cccc(Cl)c1)C(=O)CN(c1cccc([N+](=O)[O-])c1)S(C)(=O)=O. The molecule has 1 N–H and O–H groups in total. The van der Waals surface area contributed by atoms with Crippen molar-refractivity contribution in [1.29, 1.82) is 0 Å². The standard InChI is InChI=1S/C23H29ClN4O6S/c1-16(2)13-25-23(30)17(3)26(14-18-7-5-8-19(24)11-18)22(29)15-27(35(4,33)34)20-9-6-10-21(12-20)28(31)32/h5-12,16-17H,13-15H2,1-4H3,(H,25,30). The van der Waals surface area contributed by atoms with Gasteiger partial charge in [-0.1, -0.05) is 43.6 Å². The number of amides is 2. The number of non-ortho nitro benzene ring substituents is 1. The van der Waals surface area contributed by atoms with Gasteiger partial charge in [0.1, 0.15) is 12.6 Å². The summed E-state index contributed by atoms with van der Waals surface area (Å²) in [6.45, 7) is 5.18. The number of hydrogen-bond donors (Lipinski definition) is 1. The summed E-state index contributed by atoms with van der Waals surface area (Å²) in [7, 11) is -3.99. The van der Waals surface area contributed by atoms with Crippen molar-refractivity contribution in [2.45, 2.75) is 33.4 Å². The van der Waals surface area contributed by atoms with Crippen LogP contribution in [0.2, 0.25) is 5.02 Å². The lowest BCUT2D eigenvalue weighted by atomic mass is 10.1. The highest BCUT2D eigenvalue weighted by atomic mass is 35.5. The van der Waals surface area contributed by atoms with Crippen LogP contribution in [-0.4, -0.2) is 55.4 Å². The zero-order chi connectivity index (χ0) is 26.3. The average Bonchev–Trinajstić information content (AvgIpc) is 2.78. The summed E-state index contributed by atoms with van der Waals surface area (Å²) in [5, 5.41) is 14.4. The largest absolute Gasteiger partial charge is 0.354 e.